The van der Waals surface area contributed by atoms with Crippen LogP contribution in [0.5, 0.6) is 0 Å². The van der Waals surface area contributed by atoms with E-state index in [0.29, 0.717) is 6.04 Å². The molecule has 0 bridgehead atoms. The lowest BCUT2D eigenvalue weighted by Gasteiger charge is -2.65. The fourth-order valence-corrected chi connectivity index (χ4v) is 5.05. The second-order valence-corrected chi connectivity index (χ2v) is 7.99. The average Bonchev–Trinajstić information content (AvgIpc) is 2.52. The van der Waals surface area contributed by atoms with Crippen molar-refractivity contribution in [2.24, 2.45) is 0 Å². The van der Waals surface area contributed by atoms with E-state index >= 15 is 0 Å². The molecule has 6 heteroatoms. The molecule has 4 fully saturated rings. The van der Waals surface area contributed by atoms with Gasteiger partial charge in [0.1, 0.15) is 0 Å². The Morgan fingerprint density at radius 1 is 1.09 bits per heavy atom. The van der Waals surface area contributed by atoms with E-state index < -0.39 is 0 Å². The molecule has 4 rings (SSSR count). The predicted molar refractivity (Wildman–Crippen MR) is 88.4 cm³/mol. The molecule has 1 atom stereocenters. The number of fused-ring (bicyclic) bond motifs is 2. The van der Waals surface area contributed by atoms with Gasteiger partial charge in [0, 0.05) is 45.7 Å². The van der Waals surface area contributed by atoms with Gasteiger partial charge in [-0.25, -0.2) is 0 Å². The molecule has 1 unspecified atom stereocenters. The first-order chi connectivity index (χ1) is 11.1. The van der Waals surface area contributed by atoms with Gasteiger partial charge in [-0.1, -0.05) is 0 Å². The number of piperidine rings is 1. The maximum absolute atomic E-state index is 12.0. The number of nitrogens with zero attached hydrogens (tertiary/aromatic N) is 4. The predicted octanol–water partition coefficient (Wildman–Crippen LogP) is -0.302. The standard InChI is InChI=1S/C17H30N4O2/c1-14(22)19-9-16-10-23-8-7-21(16)17(11-19)12-20(13-17)15-3-5-18(2)6-4-15/h15-16H,3-13H2,1-2H3. The number of piperazine rings is 1. The van der Waals surface area contributed by atoms with Gasteiger partial charge in [0.15, 0.2) is 0 Å². The van der Waals surface area contributed by atoms with Crippen LogP contribution in [0, 0.1) is 0 Å². The van der Waals surface area contributed by atoms with Crippen LogP contribution in [-0.4, -0.2) is 109 Å². The fourth-order valence-electron chi connectivity index (χ4n) is 5.05. The average molecular weight is 322 g/mol. The van der Waals surface area contributed by atoms with E-state index in [0.717, 1.165) is 52.0 Å². The zero-order valence-corrected chi connectivity index (χ0v) is 14.5. The molecule has 4 heterocycles. The fraction of sp³-hybridized carbons (Fsp3) is 0.941. The van der Waals surface area contributed by atoms with Gasteiger partial charge in [0.05, 0.1) is 24.8 Å². The third-order valence-corrected chi connectivity index (χ3v) is 6.40. The van der Waals surface area contributed by atoms with Crippen molar-refractivity contribution in [1.29, 1.82) is 0 Å². The first-order valence-corrected chi connectivity index (χ1v) is 9.10. The van der Waals surface area contributed by atoms with Crippen LogP contribution >= 0.6 is 0 Å². The third kappa shape index (κ3) is 2.80. The summed E-state index contributed by atoms with van der Waals surface area (Å²) in [6.07, 6.45) is 2.57. The molecule has 23 heavy (non-hydrogen) atoms. The highest BCUT2D eigenvalue weighted by molar-refractivity contribution is 5.73. The monoisotopic (exact) mass is 322 g/mol. The van der Waals surface area contributed by atoms with Gasteiger partial charge in [-0.3, -0.25) is 14.6 Å². The molecule has 0 aromatic heterocycles. The third-order valence-electron chi connectivity index (χ3n) is 6.40. The van der Waals surface area contributed by atoms with Crippen LogP contribution in [0.25, 0.3) is 0 Å². The van der Waals surface area contributed by atoms with E-state index in [4.69, 9.17) is 4.74 Å². The summed E-state index contributed by atoms with van der Waals surface area (Å²) in [5.41, 5.74) is 0.182. The van der Waals surface area contributed by atoms with E-state index in [-0.39, 0.29) is 11.4 Å². The van der Waals surface area contributed by atoms with Crippen molar-refractivity contribution < 1.29 is 9.53 Å². The Hall–Kier alpha value is -0.690. The maximum Gasteiger partial charge on any atom is 0.219 e. The molecule has 4 saturated heterocycles. The summed E-state index contributed by atoms with van der Waals surface area (Å²) in [7, 11) is 2.22. The molecule has 0 aliphatic carbocycles. The minimum absolute atomic E-state index is 0.182. The summed E-state index contributed by atoms with van der Waals surface area (Å²) >= 11 is 0. The van der Waals surface area contributed by atoms with Gasteiger partial charge in [-0.15, -0.1) is 0 Å². The van der Waals surface area contributed by atoms with Gasteiger partial charge in [0.2, 0.25) is 5.91 Å². The van der Waals surface area contributed by atoms with Crippen molar-refractivity contribution in [2.75, 3.05) is 66.1 Å². The molecule has 0 N–H and O–H groups in total. The second-order valence-electron chi connectivity index (χ2n) is 7.99. The normalized spacial score (nSPS) is 33.5. The Labute approximate surface area is 139 Å². The van der Waals surface area contributed by atoms with Crippen molar-refractivity contribution in [3.05, 3.63) is 0 Å². The molecule has 130 valence electrons. The molecule has 1 amide bonds. The van der Waals surface area contributed by atoms with Gasteiger partial charge >= 0.3 is 0 Å². The highest BCUT2D eigenvalue weighted by Crippen LogP contribution is 2.38. The van der Waals surface area contributed by atoms with Crippen LogP contribution in [-0.2, 0) is 9.53 Å². The number of carbonyl (C=O) groups is 1. The van der Waals surface area contributed by atoms with Gasteiger partial charge in [-0.2, -0.15) is 0 Å². The first kappa shape index (κ1) is 15.8. The molecule has 0 radical (unpaired) electrons. The summed E-state index contributed by atoms with van der Waals surface area (Å²) < 4.78 is 5.69. The Balaban J connectivity index is 1.45. The van der Waals surface area contributed by atoms with Crippen molar-refractivity contribution in [3.63, 3.8) is 0 Å². The molecular weight excluding hydrogens is 292 g/mol. The number of likely N-dealkylation sites (tertiary alicyclic amines) is 2. The minimum Gasteiger partial charge on any atom is -0.378 e. The van der Waals surface area contributed by atoms with Crippen molar-refractivity contribution >= 4 is 5.91 Å². The zero-order valence-electron chi connectivity index (χ0n) is 14.5. The van der Waals surface area contributed by atoms with Crippen LogP contribution in [0.1, 0.15) is 19.8 Å². The molecule has 6 nitrogen and oxygen atoms in total. The lowest BCUT2D eigenvalue weighted by molar-refractivity contribution is -0.181. The highest BCUT2D eigenvalue weighted by atomic mass is 16.5. The molecular formula is C17H30N4O2. The van der Waals surface area contributed by atoms with Gasteiger partial charge in [-0.05, 0) is 33.0 Å². The Morgan fingerprint density at radius 3 is 2.52 bits per heavy atom. The van der Waals surface area contributed by atoms with Crippen LogP contribution < -0.4 is 0 Å². The number of morpholine rings is 1. The van der Waals surface area contributed by atoms with Crippen LogP contribution in [0.15, 0.2) is 0 Å². The Bertz CT molecular complexity index is 458. The van der Waals surface area contributed by atoms with E-state index in [2.05, 4.69) is 26.6 Å². The number of rotatable bonds is 1. The molecule has 0 saturated carbocycles. The summed E-state index contributed by atoms with van der Waals surface area (Å²) in [5.74, 6) is 0.215. The van der Waals surface area contributed by atoms with E-state index in [1.54, 1.807) is 6.92 Å². The van der Waals surface area contributed by atoms with Gasteiger partial charge < -0.3 is 14.5 Å². The first-order valence-electron chi connectivity index (χ1n) is 9.10. The molecule has 4 aliphatic heterocycles. The van der Waals surface area contributed by atoms with Crippen LogP contribution in [0.3, 0.4) is 0 Å². The largest absolute Gasteiger partial charge is 0.378 e. The SMILES string of the molecule is CC(=O)N1CC2COCCN2C2(C1)CN(C1CCN(C)CC1)C2. The second kappa shape index (κ2) is 5.99. The maximum atomic E-state index is 12.0. The van der Waals surface area contributed by atoms with Crippen LogP contribution in [0.2, 0.25) is 0 Å². The zero-order chi connectivity index (χ0) is 16.0. The van der Waals surface area contributed by atoms with Crippen molar-refractivity contribution in [1.82, 2.24) is 19.6 Å². The summed E-state index contributed by atoms with van der Waals surface area (Å²) in [6.45, 7) is 10.8. The number of amides is 1. The quantitative estimate of drug-likeness (QED) is 0.663. The lowest BCUT2D eigenvalue weighted by atomic mass is 9.80. The van der Waals surface area contributed by atoms with Gasteiger partial charge in [0.25, 0.3) is 0 Å². The highest BCUT2D eigenvalue weighted by Gasteiger charge is 2.55. The Morgan fingerprint density at radius 2 is 1.83 bits per heavy atom. The smallest absolute Gasteiger partial charge is 0.219 e. The molecule has 0 aromatic carbocycles. The number of ether oxygens (including phenoxy) is 1. The number of hydrogen-bond donors (Lipinski definition) is 0. The lowest BCUT2D eigenvalue weighted by Crippen LogP contribution is -2.81. The van der Waals surface area contributed by atoms with Crippen molar-refractivity contribution in [3.8, 4) is 0 Å². The topological polar surface area (TPSA) is 39.3 Å². The van der Waals surface area contributed by atoms with Crippen LogP contribution in [0.4, 0.5) is 0 Å². The molecule has 0 aromatic rings. The minimum atomic E-state index is 0.182. The van der Waals surface area contributed by atoms with E-state index in [1.165, 1.54) is 25.9 Å². The Kier molecular flexibility index (Phi) is 4.12. The molecule has 1 spiro atoms. The number of carbonyl (C=O) groups excluding carboxylic acids is 1. The number of hydrogen-bond acceptors (Lipinski definition) is 5. The summed E-state index contributed by atoms with van der Waals surface area (Å²) in [5, 5.41) is 0. The summed E-state index contributed by atoms with van der Waals surface area (Å²) in [4.78, 5) is 21.8. The van der Waals surface area contributed by atoms with E-state index in [9.17, 15) is 4.79 Å². The van der Waals surface area contributed by atoms with E-state index in [1.807, 2.05) is 0 Å². The van der Waals surface area contributed by atoms with Crippen molar-refractivity contribution in [2.45, 2.75) is 37.4 Å². The molecule has 4 aliphatic rings. The summed E-state index contributed by atoms with van der Waals surface area (Å²) in [6, 6.07) is 1.13.